The summed E-state index contributed by atoms with van der Waals surface area (Å²) in [6, 6.07) is 0. The molecule has 0 N–H and O–H groups in total. The Balaban J connectivity index is 4.21. The van der Waals surface area contributed by atoms with E-state index in [2.05, 4.69) is 53.3 Å². The standard InChI is InChI=1S/C21H36Cl2/c1-7-10-19(16-22)13-14-20(23)18(4)12-9-11-17(3)15-21(5,6)8-2/h10-11,20H,4,7-9,12-16H2,1-3,5-6H3/b17-11+,19-10-. The summed E-state index contributed by atoms with van der Waals surface area (Å²) in [6.45, 7) is 15.5. The average molecular weight is 359 g/mol. The molecule has 0 aromatic heterocycles. The second-order valence-corrected chi connectivity index (χ2v) is 8.15. The fourth-order valence-corrected chi connectivity index (χ4v) is 3.10. The molecule has 134 valence electrons. The average Bonchev–Trinajstić information content (AvgIpc) is 2.50. The molecule has 1 atom stereocenters. The molecule has 1 unspecified atom stereocenters. The molecule has 0 aromatic rings. The van der Waals surface area contributed by atoms with E-state index in [1.165, 1.54) is 24.0 Å². The highest BCUT2D eigenvalue weighted by Gasteiger charge is 2.15. The maximum absolute atomic E-state index is 6.49. The number of hydrogen-bond acceptors (Lipinski definition) is 0. The monoisotopic (exact) mass is 358 g/mol. The van der Waals surface area contributed by atoms with Crippen LogP contribution in [0.1, 0.15) is 79.6 Å². The van der Waals surface area contributed by atoms with Crippen LogP contribution in [0.3, 0.4) is 0 Å². The number of allylic oxidation sites excluding steroid dienone is 5. The van der Waals surface area contributed by atoms with Crippen molar-refractivity contribution in [2.75, 3.05) is 5.88 Å². The summed E-state index contributed by atoms with van der Waals surface area (Å²) in [5.41, 5.74) is 4.32. The number of hydrogen-bond donors (Lipinski definition) is 0. The molecule has 0 fully saturated rings. The molecule has 0 rings (SSSR count). The molecule has 23 heavy (non-hydrogen) atoms. The van der Waals surface area contributed by atoms with Crippen molar-refractivity contribution in [3.05, 3.63) is 35.5 Å². The molecule has 0 amide bonds. The van der Waals surface area contributed by atoms with Crippen molar-refractivity contribution in [1.29, 1.82) is 0 Å². The van der Waals surface area contributed by atoms with Gasteiger partial charge in [-0.15, -0.1) is 23.2 Å². The van der Waals surface area contributed by atoms with Crippen LogP contribution >= 0.6 is 23.2 Å². The Labute approximate surface area is 155 Å². The van der Waals surface area contributed by atoms with Crippen LogP contribution in [0.15, 0.2) is 35.5 Å². The summed E-state index contributed by atoms with van der Waals surface area (Å²) < 4.78 is 0. The first-order chi connectivity index (χ1) is 10.8. The first-order valence-electron chi connectivity index (χ1n) is 8.97. The van der Waals surface area contributed by atoms with Gasteiger partial charge in [0.1, 0.15) is 0 Å². The van der Waals surface area contributed by atoms with Gasteiger partial charge in [0.05, 0.1) is 5.38 Å². The molecule has 0 bridgehead atoms. The van der Waals surface area contributed by atoms with Crippen molar-refractivity contribution in [2.45, 2.75) is 84.9 Å². The minimum Gasteiger partial charge on any atom is -0.122 e. The fraction of sp³-hybridized carbons (Fsp3) is 0.714. The third-order valence-electron chi connectivity index (χ3n) is 4.50. The first-order valence-corrected chi connectivity index (χ1v) is 9.94. The lowest BCUT2D eigenvalue weighted by atomic mass is 9.83. The van der Waals surface area contributed by atoms with E-state index in [-0.39, 0.29) is 5.38 Å². The van der Waals surface area contributed by atoms with Gasteiger partial charge in [-0.25, -0.2) is 0 Å². The van der Waals surface area contributed by atoms with Gasteiger partial charge in [0.15, 0.2) is 0 Å². The Hall–Kier alpha value is -0.200. The van der Waals surface area contributed by atoms with Crippen LogP contribution in [0.4, 0.5) is 0 Å². The van der Waals surface area contributed by atoms with E-state index in [1.807, 2.05) is 0 Å². The number of alkyl halides is 2. The van der Waals surface area contributed by atoms with Crippen molar-refractivity contribution in [3.63, 3.8) is 0 Å². The molecular formula is C21H36Cl2. The minimum atomic E-state index is 0.0549. The van der Waals surface area contributed by atoms with E-state index in [4.69, 9.17) is 23.2 Å². The van der Waals surface area contributed by atoms with Gasteiger partial charge in [-0.3, -0.25) is 0 Å². The topological polar surface area (TPSA) is 0 Å². The van der Waals surface area contributed by atoms with Gasteiger partial charge < -0.3 is 0 Å². The minimum absolute atomic E-state index is 0.0549. The largest absolute Gasteiger partial charge is 0.122 e. The highest BCUT2D eigenvalue weighted by atomic mass is 35.5. The van der Waals surface area contributed by atoms with Gasteiger partial charge in [0, 0.05) is 5.88 Å². The van der Waals surface area contributed by atoms with Crippen LogP contribution in [-0.2, 0) is 0 Å². The second-order valence-electron chi connectivity index (χ2n) is 7.35. The van der Waals surface area contributed by atoms with Gasteiger partial charge in [-0.05, 0) is 50.9 Å². The van der Waals surface area contributed by atoms with Crippen LogP contribution in [0, 0.1) is 5.41 Å². The zero-order chi connectivity index (χ0) is 17.9. The lowest BCUT2D eigenvalue weighted by molar-refractivity contribution is 0.348. The van der Waals surface area contributed by atoms with Gasteiger partial charge >= 0.3 is 0 Å². The maximum atomic E-state index is 6.49. The van der Waals surface area contributed by atoms with Gasteiger partial charge in [0.25, 0.3) is 0 Å². The Kier molecular flexibility index (Phi) is 12.1. The molecule has 0 aliphatic heterocycles. The van der Waals surface area contributed by atoms with E-state index >= 15 is 0 Å². The molecule has 0 aliphatic rings. The van der Waals surface area contributed by atoms with E-state index in [1.54, 1.807) is 0 Å². The van der Waals surface area contributed by atoms with Crippen LogP contribution < -0.4 is 0 Å². The normalized spacial score (nSPS) is 14.9. The Morgan fingerprint density at radius 3 is 2.35 bits per heavy atom. The zero-order valence-electron chi connectivity index (χ0n) is 15.9. The lowest BCUT2D eigenvalue weighted by Crippen LogP contribution is -2.09. The highest BCUT2D eigenvalue weighted by Crippen LogP contribution is 2.29. The van der Waals surface area contributed by atoms with Crippen molar-refractivity contribution in [3.8, 4) is 0 Å². The SMILES string of the molecule is C=C(CC/C=C(\C)CC(C)(C)CC)C(Cl)CC/C(=C/CC)CCl. The van der Waals surface area contributed by atoms with E-state index in [0.29, 0.717) is 11.3 Å². The predicted molar refractivity (Wildman–Crippen MR) is 109 cm³/mol. The van der Waals surface area contributed by atoms with Crippen molar-refractivity contribution >= 4 is 23.2 Å². The number of rotatable bonds is 12. The Morgan fingerprint density at radius 2 is 1.83 bits per heavy atom. The summed E-state index contributed by atoms with van der Waals surface area (Å²) >= 11 is 12.4. The summed E-state index contributed by atoms with van der Waals surface area (Å²) in [4.78, 5) is 0. The summed E-state index contributed by atoms with van der Waals surface area (Å²) in [6.07, 6.45) is 11.9. The highest BCUT2D eigenvalue weighted by molar-refractivity contribution is 6.22. The van der Waals surface area contributed by atoms with Crippen molar-refractivity contribution < 1.29 is 0 Å². The molecule has 0 aliphatic carbocycles. The summed E-state index contributed by atoms with van der Waals surface area (Å²) in [5, 5.41) is 0.0549. The zero-order valence-corrected chi connectivity index (χ0v) is 17.4. The second kappa shape index (κ2) is 12.2. The summed E-state index contributed by atoms with van der Waals surface area (Å²) in [7, 11) is 0. The molecule has 0 heterocycles. The van der Waals surface area contributed by atoms with Crippen LogP contribution in [0.5, 0.6) is 0 Å². The molecule has 0 saturated heterocycles. The molecule has 0 nitrogen and oxygen atoms in total. The Bertz CT molecular complexity index is 402. The van der Waals surface area contributed by atoms with E-state index in [0.717, 1.165) is 37.7 Å². The molecule has 0 radical (unpaired) electrons. The Morgan fingerprint density at radius 1 is 1.17 bits per heavy atom. The van der Waals surface area contributed by atoms with Crippen molar-refractivity contribution in [1.82, 2.24) is 0 Å². The molecule has 0 aromatic carbocycles. The predicted octanol–water partition coefficient (Wildman–Crippen LogP) is 8.06. The van der Waals surface area contributed by atoms with Gasteiger partial charge in [0.2, 0.25) is 0 Å². The fourth-order valence-electron chi connectivity index (χ4n) is 2.64. The quantitative estimate of drug-likeness (QED) is 0.244. The molecule has 2 heteroatoms. The van der Waals surface area contributed by atoms with Crippen LogP contribution in [-0.4, -0.2) is 11.3 Å². The smallest absolute Gasteiger partial charge is 0.0545 e. The third kappa shape index (κ3) is 11.1. The van der Waals surface area contributed by atoms with Gasteiger partial charge in [-0.1, -0.05) is 69.6 Å². The van der Waals surface area contributed by atoms with Crippen LogP contribution in [0.25, 0.3) is 0 Å². The first kappa shape index (κ1) is 22.8. The lowest BCUT2D eigenvalue weighted by Gasteiger charge is -2.23. The number of halogens is 2. The van der Waals surface area contributed by atoms with Crippen molar-refractivity contribution in [2.24, 2.45) is 5.41 Å². The maximum Gasteiger partial charge on any atom is 0.0545 e. The van der Waals surface area contributed by atoms with E-state index < -0.39 is 0 Å². The summed E-state index contributed by atoms with van der Waals surface area (Å²) in [5.74, 6) is 0.610. The molecule has 0 saturated carbocycles. The molecular weight excluding hydrogens is 323 g/mol. The van der Waals surface area contributed by atoms with Crippen LogP contribution in [0.2, 0.25) is 0 Å². The van der Waals surface area contributed by atoms with E-state index in [9.17, 15) is 0 Å². The van der Waals surface area contributed by atoms with Gasteiger partial charge in [-0.2, -0.15) is 0 Å². The molecule has 0 spiro atoms. The third-order valence-corrected chi connectivity index (χ3v) is 5.37.